The third kappa shape index (κ3) is 1.86. The minimum Gasteiger partial charge on any atom is -0.388 e. The Kier molecular flexibility index (Phi) is 3.26. The van der Waals surface area contributed by atoms with Crippen molar-refractivity contribution in [3.63, 3.8) is 0 Å². The zero-order chi connectivity index (χ0) is 11.6. The highest BCUT2D eigenvalue weighted by Gasteiger charge is 2.52. The van der Waals surface area contributed by atoms with E-state index in [4.69, 9.17) is 0 Å². The Labute approximate surface area is 98.7 Å². The normalized spacial score (nSPS) is 38.9. The molecule has 90 valence electrons. The highest BCUT2D eigenvalue weighted by atomic mass is 16.3. The maximum Gasteiger partial charge on any atom is 0.0862 e. The SMILES string of the molecule is CC1CCCC(C#N)(C2(O)CCCCC2)C1. The summed E-state index contributed by atoms with van der Waals surface area (Å²) in [6.07, 6.45) is 9.23. The Morgan fingerprint density at radius 3 is 2.38 bits per heavy atom. The van der Waals surface area contributed by atoms with Crippen LogP contribution in [-0.4, -0.2) is 10.7 Å². The summed E-state index contributed by atoms with van der Waals surface area (Å²) < 4.78 is 0. The van der Waals surface area contributed by atoms with Gasteiger partial charge in [-0.2, -0.15) is 5.26 Å². The van der Waals surface area contributed by atoms with E-state index in [1.807, 2.05) is 0 Å². The summed E-state index contributed by atoms with van der Waals surface area (Å²) in [6.45, 7) is 2.22. The van der Waals surface area contributed by atoms with Crippen molar-refractivity contribution in [3.8, 4) is 6.07 Å². The molecule has 0 aliphatic heterocycles. The molecule has 0 spiro atoms. The molecule has 2 saturated carbocycles. The van der Waals surface area contributed by atoms with E-state index >= 15 is 0 Å². The number of nitrogens with zero attached hydrogens (tertiary/aromatic N) is 1. The van der Waals surface area contributed by atoms with Crippen LogP contribution in [0.25, 0.3) is 0 Å². The van der Waals surface area contributed by atoms with Crippen molar-refractivity contribution in [2.75, 3.05) is 0 Å². The summed E-state index contributed by atoms with van der Waals surface area (Å²) in [6, 6.07) is 2.51. The standard InChI is InChI=1S/C14H23NO/c1-12-6-5-7-13(10-12,11-15)14(16)8-3-2-4-9-14/h12,16H,2-10H2,1H3. The van der Waals surface area contributed by atoms with E-state index in [9.17, 15) is 10.4 Å². The van der Waals surface area contributed by atoms with Gasteiger partial charge in [-0.25, -0.2) is 0 Å². The van der Waals surface area contributed by atoms with Crippen molar-refractivity contribution in [1.82, 2.24) is 0 Å². The van der Waals surface area contributed by atoms with Crippen LogP contribution in [0.4, 0.5) is 0 Å². The first-order chi connectivity index (χ1) is 7.62. The summed E-state index contributed by atoms with van der Waals surface area (Å²) in [7, 11) is 0. The summed E-state index contributed by atoms with van der Waals surface area (Å²) in [4.78, 5) is 0. The average molecular weight is 221 g/mol. The van der Waals surface area contributed by atoms with Gasteiger partial charge in [-0.1, -0.05) is 39.0 Å². The zero-order valence-electron chi connectivity index (χ0n) is 10.3. The fraction of sp³-hybridized carbons (Fsp3) is 0.929. The summed E-state index contributed by atoms with van der Waals surface area (Å²) in [5.74, 6) is 0.597. The molecule has 2 heteroatoms. The van der Waals surface area contributed by atoms with Gasteiger partial charge in [0.25, 0.3) is 0 Å². The molecule has 2 aliphatic rings. The lowest BCUT2D eigenvalue weighted by atomic mass is 9.58. The van der Waals surface area contributed by atoms with Gasteiger partial charge in [0, 0.05) is 0 Å². The van der Waals surface area contributed by atoms with Gasteiger partial charge in [-0.15, -0.1) is 0 Å². The second-order valence-corrected chi connectivity index (χ2v) is 5.99. The molecule has 2 atom stereocenters. The molecular formula is C14H23NO. The lowest BCUT2D eigenvalue weighted by molar-refractivity contribution is -0.104. The summed E-state index contributed by atoms with van der Waals surface area (Å²) >= 11 is 0. The molecule has 1 N–H and O–H groups in total. The first-order valence-corrected chi connectivity index (χ1v) is 6.76. The van der Waals surface area contributed by atoms with Gasteiger partial charge in [0.05, 0.1) is 17.1 Å². The number of rotatable bonds is 1. The molecule has 0 saturated heterocycles. The first-order valence-electron chi connectivity index (χ1n) is 6.76. The molecule has 2 unspecified atom stereocenters. The van der Waals surface area contributed by atoms with Crippen LogP contribution in [0.2, 0.25) is 0 Å². The number of aliphatic hydroxyl groups is 1. The van der Waals surface area contributed by atoms with Crippen LogP contribution in [0.5, 0.6) is 0 Å². The van der Waals surface area contributed by atoms with Crippen LogP contribution >= 0.6 is 0 Å². The van der Waals surface area contributed by atoms with Crippen molar-refractivity contribution >= 4 is 0 Å². The topological polar surface area (TPSA) is 44.0 Å². The molecular weight excluding hydrogens is 198 g/mol. The Morgan fingerprint density at radius 1 is 1.12 bits per heavy atom. The van der Waals surface area contributed by atoms with E-state index in [1.165, 1.54) is 12.8 Å². The van der Waals surface area contributed by atoms with Crippen LogP contribution in [0.15, 0.2) is 0 Å². The molecule has 0 bridgehead atoms. The zero-order valence-corrected chi connectivity index (χ0v) is 10.3. The van der Waals surface area contributed by atoms with Gasteiger partial charge in [-0.3, -0.25) is 0 Å². The van der Waals surface area contributed by atoms with Crippen LogP contribution in [-0.2, 0) is 0 Å². The predicted octanol–water partition coefficient (Wildman–Crippen LogP) is 3.40. The third-order valence-corrected chi connectivity index (χ3v) is 4.78. The van der Waals surface area contributed by atoms with Gasteiger partial charge in [0.2, 0.25) is 0 Å². The van der Waals surface area contributed by atoms with Crippen molar-refractivity contribution < 1.29 is 5.11 Å². The van der Waals surface area contributed by atoms with E-state index in [0.717, 1.165) is 44.9 Å². The van der Waals surface area contributed by atoms with Crippen LogP contribution in [0.1, 0.15) is 64.7 Å². The molecule has 2 rings (SSSR count). The van der Waals surface area contributed by atoms with Crippen molar-refractivity contribution in [2.45, 2.75) is 70.3 Å². The average Bonchev–Trinajstić information content (AvgIpc) is 2.29. The Balaban J connectivity index is 2.22. The van der Waals surface area contributed by atoms with Gasteiger partial charge >= 0.3 is 0 Å². The van der Waals surface area contributed by atoms with E-state index in [-0.39, 0.29) is 0 Å². The van der Waals surface area contributed by atoms with Gasteiger partial charge in [0.1, 0.15) is 0 Å². The second-order valence-electron chi connectivity index (χ2n) is 5.99. The Hall–Kier alpha value is -0.550. The predicted molar refractivity (Wildman–Crippen MR) is 63.7 cm³/mol. The minimum absolute atomic E-state index is 0.439. The highest BCUT2D eigenvalue weighted by molar-refractivity contribution is 5.13. The maximum atomic E-state index is 10.8. The van der Waals surface area contributed by atoms with Crippen molar-refractivity contribution in [2.24, 2.45) is 11.3 Å². The molecule has 2 aliphatic carbocycles. The van der Waals surface area contributed by atoms with E-state index in [1.54, 1.807) is 0 Å². The van der Waals surface area contributed by atoms with Crippen molar-refractivity contribution in [1.29, 1.82) is 5.26 Å². The molecule has 0 aromatic carbocycles. The molecule has 2 nitrogen and oxygen atoms in total. The monoisotopic (exact) mass is 221 g/mol. The molecule has 0 aromatic rings. The quantitative estimate of drug-likeness (QED) is 0.737. The smallest absolute Gasteiger partial charge is 0.0862 e. The first kappa shape index (κ1) is 11.9. The fourth-order valence-electron chi connectivity index (χ4n) is 3.79. The van der Waals surface area contributed by atoms with E-state index < -0.39 is 11.0 Å². The third-order valence-electron chi connectivity index (χ3n) is 4.78. The summed E-state index contributed by atoms with van der Waals surface area (Å²) in [5.41, 5.74) is -1.13. The fourth-order valence-corrected chi connectivity index (χ4v) is 3.79. The number of hydrogen-bond donors (Lipinski definition) is 1. The Morgan fingerprint density at radius 2 is 1.81 bits per heavy atom. The maximum absolute atomic E-state index is 10.8. The highest BCUT2D eigenvalue weighted by Crippen LogP contribution is 2.51. The lowest BCUT2D eigenvalue weighted by Gasteiger charge is -2.48. The minimum atomic E-state index is -0.686. The molecule has 16 heavy (non-hydrogen) atoms. The van der Waals surface area contributed by atoms with Crippen molar-refractivity contribution in [3.05, 3.63) is 0 Å². The van der Waals surface area contributed by atoms with Crippen LogP contribution < -0.4 is 0 Å². The number of nitriles is 1. The lowest BCUT2D eigenvalue weighted by Crippen LogP contribution is -2.51. The molecule has 0 heterocycles. The van der Waals surface area contributed by atoms with Crippen LogP contribution in [0, 0.1) is 22.7 Å². The Bertz CT molecular complexity index is 288. The van der Waals surface area contributed by atoms with Gasteiger partial charge in [-0.05, 0) is 31.6 Å². The largest absolute Gasteiger partial charge is 0.388 e. The molecule has 0 amide bonds. The molecule has 2 fully saturated rings. The second kappa shape index (κ2) is 4.37. The number of hydrogen-bond acceptors (Lipinski definition) is 2. The van der Waals surface area contributed by atoms with E-state index in [0.29, 0.717) is 5.92 Å². The molecule has 0 radical (unpaired) electrons. The van der Waals surface area contributed by atoms with Gasteiger partial charge in [0.15, 0.2) is 0 Å². The summed E-state index contributed by atoms with van der Waals surface area (Å²) in [5, 5.41) is 20.4. The van der Waals surface area contributed by atoms with E-state index in [2.05, 4.69) is 13.0 Å². The molecule has 0 aromatic heterocycles. The van der Waals surface area contributed by atoms with Gasteiger partial charge < -0.3 is 5.11 Å². The van der Waals surface area contributed by atoms with Crippen LogP contribution in [0.3, 0.4) is 0 Å².